The topological polar surface area (TPSA) is 93.4 Å². The van der Waals surface area contributed by atoms with Gasteiger partial charge in [-0.05, 0) is 16.3 Å². The summed E-state index contributed by atoms with van der Waals surface area (Å²) in [6.45, 7) is -0.249. The molecule has 0 spiro atoms. The summed E-state index contributed by atoms with van der Waals surface area (Å²) in [5.41, 5.74) is 1.66. The standard InChI is InChI=1S/C18H17N3O4/c22-17(11-25-12-18(23)24)20-15-8-19-21(10-15)9-14-6-3-5-13-4-1-2-7-16(13)14/h1-8,10H,9,11-12H2,(H,20,22)(H,23,24). The van der Waals surface area contributed by atoms with Crippen molar-refractivity contribution in [2.45, 2.75) is 6.54 Å². The molecule has 0 saturated carbocycles. The maximum Gasteiger partial charge on any atom is 0.329 e. The smallest absolute Gasteiger partial charge is 0.329 e. The Bertz CT molecular complexity index is 899. The number of fused-ring (bicyclic) bond motifs is 1. The number of nitrogens with one attached hydrogen (secondary N) is 1. The van der Waals surface area contributed by atoms with Crippen LogP contribution in [0.3, 0.4) is 0 Å². The van der Waals surface area contributed by atoms with E-state index in [0.717, 1.165) is 16.3 Å². The van der Waals surface area contributed by atoms with Crippen LogP contribution in [0.1, 0.15) is 5.56 Å². The number of nitrogens with zero attached hydrogens (tertiary/aromatic N) is 2. The van der Waals surface area contributed by atoms with E-state index in [9.17, 15) is 9.59 Å². The predicted molar refractivity (Wildman–Crippen MR) is 92.4 cm³/mol. The van der Waals surface area contributed by atoms with E-state index in [0.29, 0.717) is 12.2 Å². The molecule has 128 valence electrons. The fourth-order valence-electron chi connectivity index (χ4n) is 2.55. The summed E-state index contributed by atoms with van der Waals surface area (Å²) < 4.78 is 6.47. The summed E-state index contributed by atoms with van der Waals surface area (Å²) in [6.07, 6.45) is 3.26. The van der Waals surface area contributed by atoms with E-state index in [2.05, 4.69) is 28.6 Å². The second-order valence-electron chi connectivity index (χ2n) is 5.50. The fraction of sp³-hybridized carbons (Fsp3) is 0.167. The maximum atomic E-state index is 11.7. The molecule has 0 atom stereocenters. The monoisotopic (exact) mass is 339 g/mol. The van der Waals surface area contributed by atoms with Gasteiger partial charge in [-0.2, -0.15) is 5.10 Å². The number of carbonyl (C=O) groups is 2. The van der Waals surface area contributed by atoms with Crippen LogP contribution in [-0.4, -0.2) is 40.0 Å². The van der Waals surface area contributed by atoms with Gasteiger partial charge in [0.1, 0.15) is 13.2 Å². The van der Waals surface area contributed by atoms with Crippen LogP contribution in [0.2, 0.25) is 0 Å². The van der Waals surface area contributed by atoms with Crippen molar-refractivity contribution in [2.75, 3.05) is 18.5 Å². The number of amides is 1. The van der Waals surface area contributed by atoms with E-state index in [1.165, 1.54) is 0 Å². The summed E-state index contributed by atoms with van der Waals surface area (Å²) in [4.78, 5) is 22.0. The molecule has 0 bridgehead atoms. The maximum absolute atomic E-state index is 11.7. The van der Waals surface area contributed by atoms with Gasteiger partial charge in [0.15, 0.2) is 0 Å². The Labute approximate surface area is 143 Å². The Kier molecular flexibility index (Phi) is 5.06. The molecule has 0 saturated heterocycles. The van der Waals surface area contributed by atoms with E-state index in [1.54, 1.807) is 17.1 Å². The third kappa shape index (κ3) is 4.42. The van der Waals surface area contributed by atoms with Crippen molar-refractivity contribution in [3.05, 3.63) is 60.4 Å². The fourth-order valence-corrected chi connectivity index (χ4v) is 2.55. The zero-order chi connectivity index (χ0) is 17.6. The lowest BCUT2D eigenvalue weighted by molar-refractivity contribution is -0.143. The number of anilines is 1. The Morgan fingerprint density at radius 2 is 1.92 bits per heavy atom. The summed E-state index contributed by atoms with van der Waals surface area (Å²) in [5.74, 6) is -1.54. The van der Waals surface area contributed by atoms with Crippen LogP contribution in [0.5, 0.6) is 0 Å². The molecule has 25 heavy (non-hydrogen) atoms. The van der Waals surface area contributed by atoms with Crippen molar-refractivity contribution in [1.29, 1.82) is 0 Å². The zero-order valence-electron chi connectivity index (χ0n) is 13.4. The minimum absolute atomic E-state index is 0.319. The minimum Gasteiger partial charge on any atom is -0.480 e. The van der Waals surface area contributed by atoms with Gasteiger partial charge in [-0.3, -0.25) is 9.48 Å². The third-order valence-electron chi connectivity index (χ3n) is 3.59. The first-order valence-corrected chi connectivity index (χ1v) is 7.70. The van der Waals surface area contributed by atoms with Gasteiger partial charge in [0, 0.05) is 6.20 Å². The number of hydrogen-bond donors (Lipinski definition) is 2. The van der Waals surface area contributed by atoms with E-state index >= 15 is 0 Å². The molecule has 0 fully saturated rings. The molecule has 0 unspecified atom stereocenters. The molecule has 0 aliphatic carbocycles. The van der Waals surface area contributed by atoms with Crippen LogP contribution in [-0.2, 0) is 20.9 Å². The van der Waals surface area contributed by atoms with Crippen molar-refractivity contribution in [3.63, 3.8) is 0 Å². The first kappa shape index (κ1) is 16.7. The van der Waals surface area contributed by atoms with Crippen molar-refractivity contribution in [3.8, 4) is 0 Å². The molecular weight excluding hydrogens is 322 g/mol. The van der Waals surface area contributed by atoms with Gasteiger partial charge in [-0.15, -0.1) is 0 Å². The number of benzene rings is 2. The molecule has 7 nitrogen and oxygen atoms in total. The van der Waals surface area contributed by atoms with Crippen molar-refractivity contribution >= 4 is 28.3 Å². The summed E-state index contributed by atoms with van der Waals surface area (Å²) in [6, 6.07) is 14.2. The predicted octanol–water partition coefficient (Wildman–Crippen LogP) is 2.12. The van der Waals surface area contributed by atoms with Gasteiger partial charge < -0.3 is 15.2 Å². The Hall–Kier alpha value is -3.19. The average Bonchev–Trinajstić information content (AvgIpc) is 3.02. The molecule has 2 N–H and O–H groups in total. The molecule has 3 rings (SSSR count). The van der Waals surface area contributed by atoms with Gasteiger partial charge in [0.2, 0.25) is 5.91 Å². The normalized spacial score (nSPS) is 10.7. The van der Waals surface area contributed by atoms with Crippen LogP contribution >= 0.6 is 0 Å². The molecule has 0 radical (unpaired) electrons. The molecule has 0 aliphatic heterocycles. The quantitative estimate of drug-likeness (QED) is 0.688. The zero-order valence-corrected chi connectivity index (χ0v) is 13.4. The molecule has 0 aliphatic rings. The van der Waals surface area contributed by atoms with Crippen molar-refractivity contribution < 1.29 is 19.4 Å². The number of ether oxygens (including phenoxy) is 1. The van der Waals surface area contributed by atoms with E-state index in [-0.39, 0.29) is 6.61 Å². The molecule has 1 heterocycles. The SMILES string of the molecule is O=C(O)COCC(=O)Nc1cnn(Cc2cccc3ccccc23)c1. The third-order valence-corrected chi connectivity index (χ3v) is 3.59. The number of rotatable bonds is 7. The Morgan fingerprint density at radius 1 is 1.12 bits per heavy atom. The van der Waals surface area contributed by atoms with E-state index < -0.39 is 18.5 Å². The number of hydrogen-bond acceptors (Lipinski definition) is 4. The van der Waals surface area contributed by atoms with Crippen LogP contribution in [0.15, 0.2) is 54.9 Å². The minimum atomic E-state index is -1.12. The van der Waals surface area contributed by atoms with Crippen LogP contribution in [0.25, 0.3) is 10.8 Å². The van der Waals surface area contributed by atoms with Gasteiger partial charge in [0.05, 0.1) is 18.4 Å². The number of aromatic nitrogens is 2. The Balaban J connectivity index is 1.63. The second kappa shape index (κ2) is 7.59. The first-order valence-electron chi connectivity index (χ1n) is 7.70. The lowest BCUT2D eigenvalue weighted by Crippen LogP contribution is -2.20. The highest BCUT2D eigenvalue weighted by Gasteiger charge is 2.07. The molecule has 3 aromatic rings. The van der Waals surface area contributed by atoms with Gasteiger partial charge in [-0.25, -0.2) is 4.79 Å². The molecule has 1 aromatic heterocycles. The highest BCUT2D eigenvalue weighted by atomic mass is 16.5. The summed E-state index contributed by atoms with van der Waals surface area (Å²) in [7, 11) is 0. The first-order chi connectivity index (χ1) is 12.1. The van der Waals surface area contributed by atoms with Crippen LogP contribution in [0, 0.1) is 0 Å². The lowest BCUT2D eigenvalue weighted by atomic mass is 10.0. The largest absolute Gasteiger partial charge is 0.480 e. The number of carbonyl (C=O) groups excluding carboxylic acids is 1. The molecule has 1 amide bonds. The average molecular weight is 339 g/mol. The van der Waals surface area contributed by atoms with Gasteiger partial charge >= 0.3 is 5.97 Å². The number of aliphatic carboxylic acids is 1. The van der Waals surface area contributed by atoms with E-state index in [1.807, 2.05) is 24.3 Å². The summed E-state index contributed by atoms with van der Waals surface area (Å²) in [5, 5.41) is 17.7. The molecular formula is C18H17N3O4. The van der Waals surface area contributed by atoms with E-state index in [4.69, 9.17) is 9.84 Å². The number of carboxylic acids is 1. The number of carboxylic acid groups (broad SMARTS) is 1. The highest BCUT2D eigenvalue weighted by molar-refractivity contribution is 5.91. The lowest BCUT2D eigenvalue weighted by Gasteiger charge is -2.06. The van der Waals surface area contributed by atoms with Crippen LogP contribution in [0.4, 0.5) is 5.69 Å². The molecule has 2 aromatic carbocycles. The Morgan fingerprint density at radius 3 is 2.76 bits per heavy atom. The van der Waals surface area contributed by atoms with Crippen LogP contribution < -0.4 is 5.32 Å². The van der Waals surface area contributed by atoms with Gasteiger partial charge in [0.25, 0.3) is 0 Å². The molecule has 7 heteroatoms. The second-order valence-corrected chi connectivity index (χ2v) is 5.50. The summed E-state index contributed by atoms with van der Waals surface area (Å²) >= 11 is 0. The van der Waals surface area contributed by atoms with Crippen molar-refractivity contribution in [2.24, 2.45) is 0 Å². The van der Waals surface area contributed by atoms with Crippen molar-refractivity contribution in [1.82, 2.24) is 9.78 Å². The highest BCUT2D eigenvalue weighted by Crippen LogP contribution is 2.19. The van der Waals surface area contributed by atoms with Gasteiger partial charge in [-0.1, -0.05) is 42.5 Å².